The fraction of sp³-hybridized carbons (Fsp3) is 1.00. The van der Waals surface area contributed by atoms with Crippen molar-refractivity contribution in [2.45, 2.75) is 13.2 Å². The number of hydrogen-bond donors (Lipinski definition) is 1. The summed E-state index contributed by atoms with van der Waals surface area (Å²) in [5.41, 5.74) is 0. The third kappa shape index (κ3) is 6.14. The van der Waals surface area contributed by atoms with Crippen LogP contribution >= 0.6 is 0 Å². The summed E-state index contributed by atoms with van der Waals surface area (Å²) in [6.07, 6.45) is -0.315. The van der Waals surface area contributed by atoms with E-state index in [1.807, 2.05) is 14.1 Å². The molecule has 3 heteroatoms. The van der Waals surface area contributed by atoms with Crippen LogP contribution in [0.25, 0.3) is 0 Å². The number of rotatable bonds is 1. The number of aliphatic hydroxyl groups is 1. The van der Waals surface area contributed by atoms with Crippen LogP contribution in [0.5, 0.6) is 0 Å². The zero-order valence-electron chi connectivity index (χ0n) is 4.47. The fourth-order valence-electron chi connectivity index (χ4n) is 0. The van der Waals surface area contributed by atoms with Crippen LogP contribution in [0.15, 0.2) is 0 Å². The van der Waals surface area contributed by atoms with Crippen molar-refractivity contribution in [2.75, 3.05) is 14.1 Å². The summed E-state index contributed by atoms with van der Waals surface area (Å²) in [4.78, 5) is 1.72. The third-order valence-corrected chi connectivity index (χ3v) is 0.747. The molecule has 0 aromatic carbocycles. The van der Waals surface area contributed by atoms with Crippen LogP contribution in [0.1, 0.15) is 6.92 Å². The Balaban J connectivity index is 0. The molecule has 0 spiro atoms. The van der Waals surface area contributed by atoms with Gasteiger partial charge in [-0.05, 0) is 32.0 Å². The van der Waals surface area contributed by atoms with E-state index >= 15 is 0 Å². The largest absolute Gasteiger partial charge is 0.379 e. The van der Waals surface area contributed by atoms with Gasteiger partial charge >= 0.3 is 0 Å². The SMILES string of the molecule is CC(O)N(C)C.[SiH4]. The first-order valence-electron chi connectivity index (χ1n) is 1.99. The Kier molecular flexibility index (Phi) is 6.26. The molecule has 0 aliphatic rings. The molecule has 1 unspecified atom stereocenters. The Morgan fingerprint density at radius 1 is 1.43 bits per heavy atom. The van der Waals surface area contributed by atoms with Crippen LogP contribution in [-0.4, -0.2) is 41.3 Å². The standard InChI is InChI=1S/C4H11NO.H4Si/c1-4(6)5(2)3;/h4,6H,1-3H3;1H4. The Labute approximate surface area is 49.2 Å². The predicted molar refractivity (Wildman–Crippen MR) is 36.7 cm³/mol. The highest BCUT2D eigenvalue weighted by atomic mass is 28.1. The third-order valence-electron chi connectivity index (χ3n) is 0.747. The predicted octanol–water partition coefficient (Wildman–Crippen LogP) is -1.57. The molecule has 0 aromatic heterocycles. The van der Waals surface area contributed by atoms with Crippen LogP contribution in [-0.2, 0) is 0 Å². The number of aliphatic hydroxyl groups excluding tert-OH is 1. The summed E-state index contributed by atoms with van der Waals surface area (Å²) in [6.45, 7) is 1.72. The van der Waals surface area contributed by atoms with Crippen LogP contribution in [0.3, 0.4) is 0 Å². The molecule has 1 atom stereocenters. The van der Waals surface area contributed by atoms with E-state index in [1.165, 1.54) is 0 Å². The summed E-state index contributed by atoms with van der Waals surface area (Å²) in [5.74, 6) is 0. The molecule has 0 fully saturated rings. The molecule has 46 valence electrons. The first kappa shape index (κ1) is 10.2. The van der Waals surface area contributed by atoms with Gasteiger partial charge in [-0.3, -0.25) is 4.90 Å². The van der Waals surface area contributed by atoms with Crippen molar-refractivity contribution in [3.05, 3.63) is 0 Å². The smallest absolute Gasteiger partial charge is 0.104 e. The van der Waals surface area contributed by atoms with Gasteiger partial charge in [-0.2, -0.15) is 0 Å². The lowest BCUT2D eigenvalue weighted by Crippen LogP contribution is -2.23. The average Bonchev–Trinajstić information content (AvgIpc) is 1.36. The normalized spacial score (nSPS) is 13.3. The molecule has 7 heavy (non-hydrogen) atoms. The lowest BCUT2D eigenvalue weighted by Gasteiger charge is -2.11. The fourth-order valence-corrected chi connectivity index (χ4v) is 0. The molecule has 0 saturated carbocycles. The molecular weight excluding hydrogens is 106 g/mol. The van der Waals surface area contributed by atoms with Gasteiger partial charge in [-0.25, -0.2) is 0 Å². The molecule has 0 heterocycles. The topological polar surface area (TPSA) is 23.5 Å². The van der Waals surface area contributed by atoms with Crippen LogP contribution in [0.4, 0.5) is 0 Å². The van der Waals surface area contributed by atoms with E-state index in [9.17, 15) is 0 Å². The Morgan fingerprint density at radius 2 is 1.57 bits per heavy atom. The minimum atomic E-state index is -0.315. The molecule has 0 aromatic rings. The summed E-state index contributed by atoms with van der Waals surface area (Å²) < 4.78 is 0. The van der Waals surface area contributed by atoms with Gasteiger partial charge in [0.2, 0.25) is 0 Å². The van der Waals surface area contributed by atoms with E-state index in [1.54, 1.807) is 11.8 Å². The molecule has 2 nitrogen and oxygen atoms in total. The first-order valence-corrected chi connectivity index (χ1v) is 1.99. The van der Waals surface area contributed by atoms with Crippen molar-refractivity contribution in [3.63, 3.8) is 0 Å². The van der Waals surface area contributed by atoms with E-state index in [4.69, 9.17) is 5.11 Å². The monoisotopic (exact) mass is 121 g/mol. The summed E-state index contributed by atoms with van der Waals surface area (Å²) in [5, 5.41) is 8.56. The molecule has 1 N–H and O–H groups in total. The Bertz CT molecular complexity index is 32.7. The average molecular weight is 121 g/mol. The van der Waals surface area contributed by atoms with Crippen molar-refractivity contribution >= 4 is 11.0 Å². The highest BCUT2D eigenvalue weighted by Crippen LogP contribution is 1.79. The number of nitrogens with zero attached hydrogens (tertiary/aromatic N) is 1. The summed E-state index contributed by atoms with van der Waals surface area (Å²) in [7, 11) is 3.65. The van der Waals surface area contributed by atoms with Crippen LogP contribution < -0.4 is 0 Å². The second-order valence-electron chi connectivity index (χ2n) is 1.60. The van der Waals surface area contributed by atoms with Crippen LogP contribution in [0.2, 0.25) is 0 Å². The minimum Gasteiger partial charge on any atom is -0.379 e. The molecule has 0 amide bonds. The second-order valence-corrected chi connectivity index (χ2v) is 1.60. The van der Waals surface area contributed by atoms with E-state index < -0.39 is 0 Å². The van der Waals surface area contributed by atoms with Gasteiger partial charge in [-0.1, -0.05) is 0 Å². The molecule has 0 aliphatic heterocycles. The molecule has 0 radical (unpaired) electrons. The summed E-state index contributed by atoms with van der Waals surface area (Å²) in [6, 6.07) is 0. The van der Waals surface area contributed by atoms with Crippen molar-refractivity contribution in [3.8, 4) is 0 Å². The zero-order valence-corrected chi connectivity index (χ0v) is 4.47. The molecule has 0 bridgehead atoms. The maximum absolute atomic E-state index is 8.56. The molecule has 0 rings (SSSR count). The highest BCUT2D eigenvalue weighted by molar-refractivity contribution is 5.75. The lowest BCUT2D eigenvalue weighted by atomic mass is 10.6. The van der Waals surface area contributed by atoms with Gasteiger partial charge in [0, 0.05) is 0 Å². The molecule has 0 saturated heterocycles. The van der Waals surface area contributed by atoms with E-state index in [0.717, 1.165) is 0 Å². The Morgan fingerprint density at radius 3 is 1.57 bits per heavy atom. The van der Waals surface area contributed by atoms with E-state index in [0.29, 0.717) is 0 Å². The lowest BCUT2D eigenvalue weighted by molar-refractivity contribution is 0.0578. The van der Waals surface area contributed by atoms with Gasteiger partial charge in [0.15, 0.2) is 0 Å². The second kappa shape index (κ2) is 4.30. The van der Waals surface area contributed by atoms with Gasteiger partial charge in [0.1, 0.15) is 6.23 Å². The Hall–Kier alpha value is 0.137. The first-order chi connectivity index (χ1) is 2.64. The maximum atomic E-state index is 8.56. The van der Waals surface area contributed by atoms with Crippen LogP contribution in [0, 0.1) is 0 Å². The highest BCUT2D eigenvalue weighted by Gasteiger charge is 1.92. The van der Waals surface area contributed by atoms with Crippen molar-refractivity contribution < 1.29 is 5.11 Å². The van der Waals surface area contributed by atoms with Crippen molar-refractivity contribution in [1.29, 1.82) is 0 Å². The zero-order chi connectivity index (χ0) is 5.15. The molecule has 0 aliphatic carbocycles. The van der Waals surface area contributed by atoms with Gasteiger partial charge in [0.05, 0.1) is 0 Å². The maximum Gasteiger partial charge on any atom is 0.104 e. The van der Waals surface area contributed by atoms with Gasteiger partial charge in [-0.15, -0.1) is 0 Å². The van der Waals surface area contributed by atoms with Gasteiger partial charge in [0.25, 0.3) is 0 Å². The van der Waals surface area contributed by atoms with E-state index in [2.05, 4.69) is 0 Å². The summed E-state index contributed by atoms with van der Waals surface area (Å²) >= 11 is 0. The quantitative estimate of drug-likeness (QED) is 0.335. The molecular formula is C4H15NOSi. The minimum absolute atomic E-state index is 0. The van der Waals surface area contributed by atoms with Gasteiger partial charge < -0.3 is 5.11 Å². The van der Waals surface area contributed by atoms with Crippen molar-refractivity contribution in [1.82, 2.24) is 4.90 Å². The van der Waals surface area contributed by atoms with E-state index in [-0.39, 0.29) is 17.2 Å². The van der Waals surface area contributed by atoms with Crippen molar-refractivity contribution in [2.24, 2.45) is 0 Å². The number of hydrogen-bond acceptors (Lipinski definition) is 2.